The molecule has 0 radical (unpaired) electrons. The van der Waals surface area contributed by atoms with Gasteiger partial charge in [-0.1, -0.05) is 0 Å². The molecule has 2 saturated heterocycles. The topological polar surface area (TPSA) is 89.3 Å². The summed E-state index contributed by atoms with van der Waals surface area (Å²) in [6, 6.07) is 8.80. The SMILES string of the molecule is CNC(=O)[C@@H]1CN(c2ccc(C#N)c(C(F)(F)F)c2)C[C@H]1C1CCN(C(=O)c2cccnc2C)CC1. The zero-order valence-corrected chi connectivity index (χ0v) is 20.2. The molecule has 10 heteroatoms. The number of carbonyl (C=O) groups is 2. The minimum Gasteiger partial charge on any atom is -0.370 e. The molecule has 2 amide bonds. The first-order chi connectivity index (χ1) is 17.1. The Hall–Kier alpha value is -3.61. The van der Waals surface area contributed by atoms with Gasteiger partial charge in [0.15, 0.2) is 0 Å². The van der Waals surface area contributed by atoms with E-state index in [-0.39, 0.29) is 29.6 Å². The van der Waals surface area contributed by atoms with Gasteiger partial charge in [-0.2, -0.15) is 18.4 Å². The van der Waals surface area contributed by atoms with Gasteiger partial charge in [0.05, 0.1) is 28.7 Å². The highest BCUT2D eigenvalue weighted by atomic mass is 19.4. The summed E-state index contributed by atoms with van der Waals surface area (Å²) in [7, 11) is 1.56. The van der Waals surface area contributed by atoms with Crippen molar-refractivity contribution >= 4 is 17.5 Å². The zero-order valence-electron chi connectivity index (χ0n) is 20.2. The van der Waals surface area contributed by atoms with Gasteiger partial charge in [0.1, 0.15) is 0 Å². The number of nitrogens with zero attached hydrogens (tertiary/aromatic N) is 4. The van der Waals surface area contributed by atoms with E-state index in [1.54, 1.807) is 48.2 Å². The summed E-state index contributed by atoms with van der Waals surface area (Å²) in [4.78, 5) is 33.5. The van der Waals surface area contributed by atoms with Crippen LogP contribution in [0.15, 0.2) is 36.5 Å². The lowest BCUT2D eigenvalue weighted by molar-refractivity contribution is -0.137. The maximum absolute atomic E-state index is 13.5. The highest BCUT2D eigenvalue weighted by Crippen LogP contribution is 2.40. The van der Waals surface area contributed by atoms with E-state index < -0.39 is 17.3 Å². The third-order valence-corrected chi connectivity index (χ3v) is 7.41. The minimum atomic E-state index is -4.65. The number of pyridine rings is 1. The van der Waals surface area contributed by atoms with E-state index >= 15 is 0 Å². The van der Waals surface area contributed by atoms with Gasteiger partial charge in [0.25, 0.3) is 5.91 Å². The van der Waals surface area contributed by atoms with Crippen LogP contribution in [0.25, 0.3) is 0 Å². The Morgan fingerprint density at radius 1 is 1.17 bits per heavy atom. The van der Waals surface area contributed by atoms with Gasteiger partial charge in [0.2, 0.25) is 5.91 Å². The van der Waals surface area contributed by atoms with E-state index in [9.17, 15) is 22.8 Å². The van der Waals surface area contributed by atoms with Crippen molar-refractivity contribution in [3.8, 4) is 6.07 Å². The Balaban J connectivity index is 1.51. The predicted octanol–water partition coefficient (Wildman–Crippen LogP) is 3.63. The molecule has 3 heterocycles. The Morgan fingerprint density at radius 2 is 1.89 bits per heavy atom. The molecule has 190 valence electrons. The van der Waals surface area contributed by atoms with Crippen LogP contribution in [0.5, 0.6) is 0 Å². The van der Waals surface area contributed by atoms with Gasteiger partial charge in [-0.3, -0.25) is 14.6 Å². The van der Waals surface area contributed by atoms with Gasteiger partial charge in [-0.05, 0) is 61.9 Å². The molecule has 2 fully saturated rings. The molecule has 0 spiro atoms. The Labute approximate surface area is 207 Å². The molecule has 0 saturated carbocycles. The first kappa shape index (κ1) is 25.5. The molecular weight excluding hydrogens is 471 g/mol. The van der Waals surface area contributed by atoms with Crippen molar-refractivity contribution in [2.75, 3.05) is 38.1 Å². The number of nitrogens with one attached hydrogen (secondary N) is 1. The molecule has 0 aliphatic carbocycles. The van der Waals surface area contributed by atoms with E-state index in [4.69, 9.17) is 5.26 Å². The highest BCUT2D eigenvalue weighted by molar-refractivity contribution is 5.95. The smallest absolute Gasteiger partial charge is 0.370 e. The maximum atomic E-state index is 13.5. The number of amides is 2. The number of aromatic nitrogens is 1. The normalized spacial score (nSPS) is 20.8. The monoisotopic (exact) mass is 499 g/mol. The lowest BCUT2D eigenvalue weighted by Crippen LogP contribution is -2.43. The van der Waals surface area contributed by atoms with Crippen LogP contribution in [0.4, 0.5) is 18.9 Å². The summed E-state index contributed by atoms with van der Waals surface area (Å²) in [6.45, 7) is 3.62. The van der Waals surface area contributed by atoms with Crippen LogP contribution in [-0.2, 0) is 11.0 Å². The third kappa shape index (κ3) is 5.01. The van der Waals surface area contributed by atoms with Gasteiger partial charge >= 0.3 is 6.18 Å². The second-order valence-electron chi connectivity index (χ2n) is 9.40. The number of carbonyl (C=O) groups excluding carboxylic acids is 2. The molecular formula is C26H28F3N5O2. The van der Waals surface area contributed by atoms with E-state index in [0.29, 0.717) is 56.0 Å². The van der Waals surface area contributed by atoms with Crippen LogP contribution in [0.2, 0.25) is 0 Å². The van der Waals surface area contributed by atoms with Gasteiger partial charge < -0.3 is 15.1 Å². The minimum absolute atomic E-state index is 0.0627. The summed E-state index contributed by atoms with van der Waals surface area (Å²) < 4.78 is 40.5. The number of halogens is 3. The van der Waals surface area contributed by atoms with E-state index in [2.05, 4.69) is 10.3 Å². The fourth-order valence-electron chi connectivity index (χ4n) is 5.45. The van der Waals surface area contributed by atoms with Crippen molar-refractivity contribution in [3.63, 3.8) is 0 Å². The molecule has 4 rings (SSSR count). The number of hydrogen-bond acceptors (Lipinski definition) is 5. The largest absolute Gasteiger partial charge is 0.417 e. The van der Waals surface area contributed by atoms with Crippen molar-refractivity contribution in [1.29, 1.82) is 5.26 Å². The van der Waals surface area contributed by atoms with Crippen molar-refractivity contribution in [1.82, 2.24) is 15.2 Å². The fourth-order valence-corrected chi connectivity index (χ4v) is 5.45. The Kier molecular flexibility index (Phi) is 7.20. The molecule has 1 aromatic heterocycles. The first-order valence-corrected chi connectivity index (χ1v) is 11.9. The molecule has 2 atom stereocenters. The lowest BCUT2D eigenvalue weighted by Gasteiger charge is -2.36. The molecule has 0 bridgehead atoms. The molecule has 0 unspecified atom stereocenters. The van der Waals surface area contributed by atoms with Crippen molar-refractivity contribution in [3.05, 3.63) is 58.9 Å². The standard InChI is InChI=1S/C26H28F3N5O2/c1-16-20(4-3-9-32-16)25(36)33-10-7-17(8-11-33)21-14-34(15-22(21)24(35)31-2)19-6-5-18(13-30)23(12-19)26(27,28)29/h3-6,9,12,17,21-22H,7-8,10-11,14-15H2,1-2H3,(H,31,35)/t21-,22+/m0/s1. The van der Waals surface area contributed by atoms with Gasteiger partial charge in [-0.25, -0.2) is 0 Å². The van der Waals surface area contributed by atoms with E-state index in [0.717, 1.165) is 6.07 Å². The summed E-state index contributed by atoms with van der Waals surface area (Å²) in [5.74, 6) is -0.499. The molecule has 36 heavy (non-hydrogen) atoms. The van der Waals surface area contributed by atoms with E-state index in [1.165, 1.54) is 12.1 Å². The molecule has 7 nitrogen and oxygen atoms in total. The second-order valence-corrected chi connectivity index (χ2v) is 9.40. The van der Waals surface area contributed by atoms with Gasteiger partial charge in [-0.15, -0.1) is 0 Å². The third-order valence-electron chi connectivity index (χ3n) is 7.41. The van der Waals surface area contributed by atoms with Crippen LogP contribution in [-0.4, -0.2) is 54.9 Å². The number of benzene rings is 1. The predicted molar refractivity (Wildman–Crippen MR) is 127 cm³/mol. The van der Waals surface area contributed by atoms with Crippen LogP contribution in [0.1, 0.15) is 40.0 Å². The summed E-state index contributed by atoms with van der Waals surface area (Å²) in [6.07, 6.45) is -1.59. The van der Waals surface area contributed by atoms with Crippen molar-refractivity contribution in [2.45, 2.75) is 25.9 Å². The summed E-state index contributed by atoms with van der Waals surface area (Å²) >= 11 is 0. The van der Waals surface area contributed by atoms with Crippen molar-refractivity contribution in [2.24, 2.45) is 17.8 Å². The molecule has 2 aliphatic rings. The zero-order chi connectivity index (χ0) is 26.0. The second kappa shape index (κ2) is 10.2. The van der Waals surface area contributed by atoms with Gasteiger partial charge in [0, 0.05) is 50.8 Å². The first-order valence-electron chi connectivity index (χ1n) is 11.9. The number of piperidine rings is 1. The Bertz CT molecular complexity index is 1180. The van der Waals surface area contributed by atoms with Crippen LogP contribution < -0.4 is 10.2 Å². The Morgan fingerprint density at radius 3 is 2.50 bits per heavy atom. The van der Waals surface area contributed by atoms with E-state index in [1.807, 2.05) is 0 Å². The van der Waals surface area contributed by atoms with Crippen molar-refractivity contribution < 1.29 is 22.8 Å². The average molecular weight is 500 g/mol. The van der Waals surface area contributed by atoms with Crippen LogP contribution in [0.3, 0.4) is 0 Å². The number of alkyl halides is 3. The maximum Gasteiger partial charge on any atom is 0.417 e. The summed E-state index contributed by atoms with van der Waals surface area (Å²) in [5.41, 5.74) is 0.201. The molecule has 2 aliphatic heterocycles. The number of hydrogen-bond donors (Lipinski definition) is 1. The summed E-state index contributed by atoms with van der Waals surface area (Å²) in [5, 5.41) is 11.8. The number of nitriles is 1. The fraction of sp³-hybridized carbons (Fsp3) is 0.462. The van der Waals surface area contributed by atoms with Crippen LogP contribution >= 0.6 is 0 Å². The molecule has 2 aromatic rings. The lowest BCUT2D eigenvalue weighted by atomic mass is 9.78. The number of anilines is 1. The number of aryl methyl sites for hydroxylation is 1. The van der Waals surface area contributed by atoms with Crippen LogP contribution in [0, 0.1) is 36.0 Å². The number of rotatable bonds is 4. The number of likely N-dealkylation sites (tertiary alicyclic amines) is 1. The average Bonchev–Trinajstić information content (AvgIpc) is 3.33. The quantitative estimate of drug-likeness (QED) is 0.694. The molecule has 1 aromatic carbocycles. The highest BCUT2D eigenvalue weighted by Gasteiger charge is 2.43. The molecule has 1 N–H and O–H groups in total.